The fourth-order valence-electron chi connectivity index (χ4n) is 4.24. The summed E-state index contributed by atoms with van der Waals surface area (Å²) < 4.78 is 1.80. The van der Waals surface area contributed by atoms with Gasteiger partial charge in [0.25, 0.3) is 11.7 Å². The number of para-hydroxylation sites is 2. The highest BCUT2D eigenvalue weighted by atomic mass is 16.2. The number of carbonyl (C=O) groups excluding carboxylic acids is 3. The van der Waals surface area contributed by atoms with Crippen molar-refractivity contribution in [3.63, 3.8) is 0 Å². The Labute approximate surface area is 182 Å². The van der Waals surface area contributed by atoms with Crippen molar-refractivity contribution in [1.29, 1.82) is 0 Å². The zero-order valence-corrected chi connectivity index (χ0v) is 17.8. The number of anilines is 1. The van der Waals surface area contributed by atoms with Gasteiger partial charge < -0.3 is 14.4 Å². The number of likely N-dealkylation sites (N-methyl/N-ethyl adjacent to an activating group) is 1. The van der Waals surface area contributed by atoms with Crippen LogP contribution in [0.3, 0.4) is 0 Å². The van der Waals surface area contributed by atoms with Crippen molar-refractivity contribution in [2.45, 2.75) is 32.7 Å². The van der Waals surface area contributed by atoms with Crippen LogP contribution in [-0.2, 0) is 16.1 Å². The zero-order valence-electron chi connectivity index (χ0n) is 17.8. The molecular formula is C25H27N3O3. The molecular weight excluding hydrogens is 390 g/mol. The zero-order chi connectivity index (χ0) is 21.8. The van der Waals surface area contributed by atoms with Gasteiger partial charge in [-0.1, -0.05) is 36.4 Å². The lowest BCUT2D eigenvalue weighted by Crippen LogP contribution is -2.37. The molecule has 0 N–H and O–H groups in total. The first-order chi connectivity index (χ1) is 15.1. The van der Waals surface area contributed by atoms with Crippen LogP contribution in [0.4, 0.5) is 5.69 Å². The summed E-state index contributed by atoms with van der Waals surface area (Å²) >= 11 is 0. The van der Waals surface area contributed by atoms with E-state index < -0.39 is 11.7 Å². The van der Waals surface area contributed by atoms with Crippen LogP contribution < -0.4 is 4.90 Å². The Kier molecular flexibility index (Phi) is 6.16. The van der Waals surface area contributed by atoms with E-state index in [1.165, 1.54) is 4.90 Å². The van der Waals surface area contributed by atoms with Gasteiger partial charge in [-0.15, -0.1) is 0 Å². The van der Waals surface area contributed by atoms with Crippen LogP contribution in [0, 0.1) is 0 Å². The van der Waals surface area contributed by atoms with Crippen LogP contribution in [0.1, 0.15) is 36.5 Å². The Morgan fingerprint density at radius 3 is 2.29 bits per heavy atom. The normalized spacial score (nSPS) is 13.9. The van der Waals surface area contributed by atoms with Crippen molar-refractivity contribution in [1.82, 2.24) is 9.47 Å². The van der Waals surface area contributed by atoms with Gasteiger partial charge in [0, 0.05) is 42.4 Å². The Hall–Kier alpha value is -3.41. The summed E-state index contributed by atoms with van der Waals surface area (Å²) in [5, 5.41) is 0.691. The average Bonchev–Trinajstić information content (AvgIpc) is 3.18. The van der Waals surface area contributed by atoms with Crippen molar-refractivity contribution in [2.24, 2.45) is 0 Å². The highest BCUT2D eigenvalue weighted by molar-refractivity contribution is 6.48. The van der Waals surface area contributed by atoms with Gasteiger partial charge in [-0.05, 0) is 44.4 Å². The van der Waals surface area contributed by atoms with E-state index in [2.05, 4.69) is 0 Å². The van der Waals surface area contributed by atoms with E-state index in [-0.39, 0.29) is 12.5 Å². The smallest absolute Gasteiger partial charge is 0.299 e. The molecule has 1 aliphatic rings. The summed E-state index contributed by atoms with van der Waals surface area (Å²) in [5.74, 6) is -1.09. The first-order valence-electron chi connectivity index (χ1n) is 10.9. The van der Waals surface area contributed by atoms with Gasteiger partial charge >= 0.3 is 0 Å². The molecule has 1 fully saturated rings. The molecule has 0 spiro atoms. The predicted molar refractivity (Wildman–Crippen MR) is 121 cm³/mol. The minimum Gasteiger partial charge on any atom is -0.341 e. The molecule has 0 bridgehead atoms. The van der Waals surface area contributed by atoms with E-state index in [0.717, 1.165) is 37.9 Å². The van der Waals surface area contributed by atoms with Gasteiger partial charge in [0.2, 0.25) is 5.91 Å². The molecule has 31 heavy (non-hydrogen) atoms. The lowest BCUT2D eigenvalue weighted by molar-refractivity contribution is -0.132. The number of rotatable bonds is 6. The predicted octanol–water partition coefficient (Wildman–Crippen LogP) is 3.89. The lowest BCUT2D eigenvalue weighted by atomic mass is 10.1. The second-order valence-corrected chi connectivity index (χ2v) is 7.84. The monoisotopic (exact) mass is 417 g/mol. The number of Topliss-reactive ketones (excluding diaryl/α,β-unsaturated/α-hetero) is 1. The third kappa shape index (κ3) is 4.24. The topological polar surface area (TPSA) is 62.6 Å². The van der Waals surface area contributed by atoms with E-state index in [1.807, 2.05) is 66.4 Å². The maximum absolute atomic E-state index is 13.2. The number of fused-ring (bicyclic) bond motifs is 1. The van der Waals surface area contributed by atoms with Crippen molar-refractivity contribution in [3.05, 3.63) is 66.4 Å². The van der Waals surface area contributed by atoms with Crippen LogP contribution in [0.25, 0.3) is 10.9 Å². The van der Waals surface area contributed by atoms with Gasteiger partial charge in [0.15, 0.2) is 0 Å². The summed E-state index contributed by atoms with van der Waals surface area (Å²) in [6.07, 6.45) is 4.88. The average molecular weight is 418 g/mol. The summed E-state index contributed by atoms with van der Waals surface area (Å²) in [4.78, 5) is 42.5. The molecule has 2 heterocycles. The fourth-order valence-corrected chi connectivity index (χ4v) is 4.24. The highest BCUT2D eigenvalue weighted by Crippen LogP contribution is 2.24. The van der Waals surface area contributed by atoms with E-state index in [4.69, 9.17) is 0 Å². The Morgan fingerprint density at radius 2 is 1.58 bits per heavy atom. The number of amides is 2. The number of benzene rings is 2. The maximum atomic E-state index is 13.2. The van der Waals surface area contributed by atoms with Gasteiger partial charge in [-0.2, -0.15) is 0 Å². The summed E-state index contributed by atoms with van der Waals surface area (Å²) in [6.45, 7) is 3.97. The van der Waals surface area contributed by atoms with Crippen LogP contribution in [0.5, 0.6) is 0 Å². The van der Waals surface area contributed by atoms with Crippen LogP contribution >= 0.6 is 0 Å². The number of hydrogen-bond donors (Lipinski definition) is 0. The molecule has 0 aliphatic carbocycles. The summed E-state index contributed by atoms with van der Waals surface area (Å²) in [7, 11) is 0. The molecule has 6 nitrogen and oxygen atoms in total. The number of aromatic nitrogens is 1. The van der Waals surface area contributed by atoms with Crippen molar-refractivity contribution >= 4 is 34.2 Å². The standard InChI is InChI=1S/C25H27N3O3/c1-2-28(19-11-5-3-6-12-19)25(31)24(30)21-17-27(22-14-8-7-13-20(21)22)18-23(29)26-15-9-4-10-16-26/h3,5-8,11-14,17H,2,4,9-10,15-16,18H2,1H3. The van der Waals surface area contributed by atoms with Gasteiger partial charge in [-0.3, -0.25) is 14.4 Å². The Morgan fingerprint density at radius 1 is 0.903 bits per heavy atom. The molecule has 1 aromatic heterocycles. The Balaban J connectivity index is 1.64. The van der Waals surface area contributed by atoms with E-state index in [1.54, 1.807) is 10.8 Å². The van der Waals surface area contributed by atoms with Gasteiger partial charge in [-0.25, -0.2) is 0 Å². The number of hydrogen-bond acceptors (Lipinski definition) is 3. The van der Waals surface area contributed by atoms with E-state index in [0.29, 0.717) is 23.2 Å². The second-order valence-electron chi connectivity index (χ2n) is 7.84. The number of carbonyl (C=O) groups is 3. The molecule has 0 unspecified atom stereocenters. The molecule has 1 saturated heterocycles. The number of piperidine rings is 1. The molecule has 160 valence electrons. The summed E-state index contributed by atoms with van der Waals surface area (Å²) in [5.41, 5.74) is 1.81. The molecule has 3 aromatic rings. The molecule has 0 atom stereocenters. The molecule has 2 aromatic carbocycles. The first kappa shape index (κ1) is 20.8. The second kappa shape index (κ2) is 9.16. The number of nitrogens with zero attached hydrogens (tertiary/aromatic N) is 3. The first-order valence-corrected chi connectivity index (χ1v) is 10.9. The number of ketones is 1. The van der Waals surface area contributed by atoms with E-state index in [9.17, 15) is 14.4 Å². The van der Waals surface area contributed by atoms with Crippen LogP contribution in [-0.4, -0.2) is 46.7 Å². The van der Waals surface area contributed by atoms with Gasteiger partial charge in [0.05, 0.1) is 5.56 Å². The summed E-state index contributed by atoms with van der Waals surface area (Å²) in [6, 6.07) is 16.6. The quantitative estimate of drug-likeness (QED) is 0.452. The third-order valence-corrected chi connectivity index (χ3v) is 5.87. The molecule has 0 radical (unpaired) electrons. The van der Waals surface area contributed by atoms with Crippen molar-refractivity contribution < 1.29 is 14.4 Å². The van der Waals surface area contributed by atoms with Crippen molar-refractivity contribution in [2.75, 3.05) is 24.5 Å². The Bertz CT molecular complexity index is 1100. The van der Waals surface area contributed by atoms with E-state index >= 15 is 0 Å². The molecule has 2 amide bonds. The highest BCUT2D eigenvalue weighted by Gasteiger charge is 2.27. The third-order valence-electron chi connectivity index (χ3n) is 5.87. The van der Waals surface area contributed by atoms with Crippen LogP contribution in [0.15, 0.2) is 60.8 Å². The molecule has 1 aliphatic heterocycles. The largest absolute Gasteiger partial charge is 0.341 e. The lowest BCUT2D eigenvalue weighted by Gasteiger charge is -2.27. The maximum Gasteiger partial charge on any atom is 0.299 e. The van der Waals surface area contributed by atoms with Crippen LogP contribution in [0.2, 0.25) is 0 Å². The SMILES string of the molecule is CCN(C(=O)C(=O)c1cn(CC(=O)N2CCCCC2)c2ccccc12)c1ccccc1. The van der Waals surface area contributed by atoms with Gasteiger partial charge in [0.1, 0.15) is 6.54 Å². The number of likely N-dealkylation sites (tertiary alicyclic amines) is 1. The molecule has 0 saturated carbocycles. The molecule has 6 heteroatoms. The minimum atomic E-state index is -0.570. The van der Waals surface area contributed by atoms with Crippen molar-refractivity contribution in [3.8, 4) is 0 Å². The minimum absolute atomic E-state index is 0.0465. The molecule has 4 rings (SSSR count). The fraction of sp³-hybridized carbons (Fsp3) is 0.320.